The van der Waals surface area contributed by atoms with Crippen molar-refractivity contribution in [1.82, 2.24) is 4.98 Å². The van der Waals surface area contributed by atoms with Crippen molar-refractivity contribution >= 4 is 11.3 Å². The van der Waals surface area contributed by atoms with Gasteiger partial charge in [-0.05, 0) is 37.0 Å². The molecule has 4 heteroatoms. The molecule has 2 N–H and O–H groups in total. The summed E-state index contributed by atoms with van der Waals surface area (Å²) in [6, 6.07) is 8.32. The second kappa shape index (κ2) is 7.05. The number of nitrogens with zero attached hydrogens (tertiary/aromatic N) is 1. The zero-order chi connectivity index (χ0) is 15.4. The number of nitrogens with two attached hydrogens (primary N) is 1. The van der Waals surface area contributed by atoms with Crippen LogP contribution in [0.2, 0.25) is 0 Å². The third-order valence-electron chi connectivity index (χ3n) is 3.43. The number of benzene rings is 1. The second-order valence-corrected chi connectivity index (χ2v) is 6.69. The molecular weight excluding hydrogens is 280 g/mol. The summed E-state index contributed by atoms with van der Waals surface area (Å²) in [7, 11) is 0. The molecule has 0 aliphatic rings. The van der Waals surface area contributed by atoms with Crippen LogP contribution in [0.3, 0.4) is 0 Å². The third kappa shape index (κ3) is 4.05. The maximum absolute atomic E-state index is 5.99. The molecule has 1 aromatic heterocycles. The highest BCUT2D eigenvalue weighted by molar-refractivity contribution is 7.11. The summed E-state index contributed by atoms with van der Waals surface area (Å²) in [5.74, 6) is 1.42. The quantitative estimate of drug-likeness (QED) is 0.859. The lowest BCUT2D eigenvalue weighted by atomic mass is 10.0. The normalized spacial score (nSPS) is 12.7. The summed E-state index contributed by atoms with van der Waals surface area (Å²) in [6.45, 7) is 8.99. The van der Waals surface area contributed by atoms with Gasteiger partial charge in [0, 0.05) is 10.9 Å². The van der Waals surface area contributed by atoms with Crippen molar-refractivity contribution < 1.29 is 4.74 Å². The summed E-state index contributed by atoms with van der Waals surface area (Å²) in [5.41, 5.74) is 8.41. The number of hydrogen-bond acceptors (Lipinski definition) is 4. The average Bonchev–Trinajstić information content (AvgIpc) is 2.89. The van der Waals surface area contributed by atoms with E-state index < -0.39 is 0 Å². The molecule has 0 saturated heterocycles. The van der Waals surface area contributed by atoms with Crippen molar-refractivity contribution in [1.29, 1.82) is 0 Å². The molecule has 0 aliphatic heterocycles. The fourth-order valence-electron chi connectivity index (χ4n) is 2.18. The van der Waals surface area contributed by atoms with Gasteiger partial charge in [-0.3, -0.25) is 0 Å². The van der Waals surface area contributed by atoms with E-state index in [4.69, 9.17) is 10.5 Å². The predicted molar refractivity (Wildman–Crippen MR) is 89.0 cm³/mol. The van der Waals surface area contributed by atoms with Gasteiger partial charge in [0.15, 0.2) is 0 Å². The van der Waals surface area contributed by atoms with Gasteiger partial charge in [0.05, 0.1) is 5.69 Å². The SMILES string of the molecule is CCc1nc(COc2ccc(C(C)C)cc2)sc1C(C)N. The van der Waals surface area contributed by atoms with E-state index in [2.05, 4.69) is 37.9 Å². The van der Waals surface area contributed by atoms with Gasteiger partial charge in [-0.25, -0.2) is 4.98 Å². The first-order valence-electron chi connectivity index (χ1n) is 7.48. The van der Waals surface area contributed by atoms with Crippen molar-refractivity contribution in [3.05, 3.63) is 45.4 Å². The van der Waals surface area contributed by atoms with E-state index in [0.717, 1.165) is 22.9 Å². The molecule has 1 unspecified atom stereocenters. The molecule has 0 saturated carbocycles. The highest BCUT2D eigenvalue weighted by Gasteiger charge is 2.13. The minimum absolute atomic E-state index is 0.0384. The van der Waals surface area contributed by atoms with Crippen LogP contribution in [0.1, 0.15) is 60.8 Å². The number of aryl methyl sites for hydroxylation is 1. The molecule has 0 amide bonds. The van der Waals surface area contributed by atoms with Crippen LogP contribution in [0.4, 0.5) is 0 Å². The van der Waals surface area contributed by atoms with Crippen molar-refractivity contribution in [2.24, 2.45) is 5.73 Å². The van der Waals surface area contributed by atoms with Gasteiger partial charge >= 0.3 is 0 Å². The molecule has 3 nitrogen and oxygen atoms in total. The van der Waals surface area contributed by atoms with Gasteiger partial charge in [0.2, 0.25) is 0 Å². The largest absolute Gasteiger partial charge is 0.486 e. The molecule has 1 atom stereocenters. The van der Waals surface area contributed by atoms with Gasteiger partial charge in [-0.2, -0.15) is 0 Å². The van der Waals surface area contributed by atoms with Gasteiger partial charge < -0.3 is 10.5 Å². The smallest absolute Gasteiger partial charge is 0.140 e. The molecule has 1 heterocycles. The lowest BCUT2D eigenvalue weighted by molar-refractivity contribution is 0.305. The Balaban J connectivity index is 2.02. The minimum Gasteiger partial charge on any atom is -0.486 e. The Hall–Kier alpha value is -1.39. The predicted octanol–water partition coefficient (Wildman–Crippen LogP) is 4.43. The van der Waals surface area contributed by atoms with Crippen LogP contribution in [0, 0.1) is 0 Å². The molecular formula is C17H24N2OS. The first-order valence-corrected chi connectivity index (χ1v) is 8.29. The average molecular weight is 304 g/mol. The fraction of sp³-hybridized carbons (Fsp3) is 0.471. The van der Waals surface area contributed by atoms with E-state index in [9.17, 15) is 0 Å². The van der Waals surface area contributed by atoms with Crippen molar-refractivity contribution in [3.63, 3.8) is 0 Å². The molecule has 1 aromatic carbocycles. The Kier molecular flexibility index (Phi) is 5.37. The number of rotatable bonds is 6. The third-order valence-corrected chi connectivity index (χ3v) is 4.70. The van der Waals surface area contributed by atoms with E-state index in [1.165, 1.54) is 10.4 Å². The first-order chi connectivity index (χ1) is 10.0. The van der Waals surface area contributed by atoms with E-state index in [-0.39, 0.29) is 6.04 Å². The van der Waals surface area contributed by atoms with Crippen molar-refractivity contribution in [3.8, 4) is 5.75 Å². The minimum atomic E-state index is 0.0384. The second-order valence-electron chi connectivity index (χ2n) is 5.57. The number of aromatic nitrogens is 1. The Bertz CT molecular complexity index is 573. The van der Waals surface area contributed by atoms with Crippen molar-refractivity contribution in [2.75, 3.05) is 0 Å². The Morgan fingerprint density at radius 3 is 2.33 bits per heavy atom. The number of thiazole rings is 1. The van der Waals surface area contributed by atoms with Crippen LogP contribution >= 0.6 is 11.3 Å². The summed E-state index contributed by atoms with van der Waals surface area (Å²) < 4.78 is 5.83. The van der Waals surface area contributed by atoms with Crippen LogP contribution in [0.15, 0.2) is 24.3 Å². The van der Waals surface area contributed by atoms with Crippen molar-refractivity contribution in [2.45, 2.75) is 52.7 Å². The Morgan fingerprint density at radius 1 is 1.19 bits per heavy atom. The number of hydrogen-bond donors (Lipinski definition) is 1. The van der Waals surface area contributed by atoms with Crippen LogP contribution in [-0.4, -0.2) is 4.98 Å². The molecule has 0 fully saturated rings. The summed E-state index contributed by atoms with van der Waals surface area (Å²) >= 11 is 1.66. The van der Waals surface area contributed by atoms with E-state index >= 15 is 0 Å². The molecule has 0 radical (unpaired) electrons. The molecule has 0 bridgehead atoms. The molecule has 114 valence electrons. The van der Waals surface area contributed by atoms with Gasteiger partial charge in [-0.15, -0.1) is 11.3 Å². The maximum atomic E-state index is 5.99. The summed E-state index contributed by atoms with van der Waals surface area (Å²) in [4.78, 5) is 5.80. The van der Waals surface area contributed by atoms with E-state index in [0.29, 0.717) is 12.5 Å². The lowest BCUT2D eigenvalue weighted by Crippen LogP contribution is -2.05. The zero-order valence-electron chi connectivity index (χ0n) is 13.2. The molecule has 0 aliphatic carbocycles. The Morgan fingerprint density at radius 2 is 1.86 bits per heavy atom. The Labute approximate surface area is 131 Å². The van der Waals surface area contributed by atoms with Gasteiger partial charge in [0.1, 0.15) is 17.4 Å². The highest BCUT2D eigenvalue weighted by atomic mass is 32.1. The molecule has 2 rings (SSSR count). The van der Waals surface area contributed by atoms with Crippen LogP contribution in [0.5, 0.6) is 5.75 Å². The molecule has 2 aromatic rings. The summed E-state index contributed by atoms with van der Waals surface area (Å²) in [5, 5.41) is 0.993. The standard InChI is InChI=1S/C17H24N2OS/c1-5-15-17(12(4)18)21-16(19-15)10-20-14-8-6-13(7-9-14)11(2)3/h6-9,11-12H,5,10,18H2,1-4H3. The maximum Gasteiger partial charge on any atom is 0.140 e. The zero-order valence-corrected chi connectivity index (χ0v) is 14.0. The van der Waals surface area contributed by atoms with Crippen LogP contribution in [-0.2, 0) is 13.0 Å². The van der Waals surface area contributed by atoms with Gasteiger partial charge in [0.25, 0.3) is 0 Å². The molecule has 0 spiro atoms. The fourth-order valence-corrected chi connectivity index (χ4v) is 3.20. The van der Waals surface area contributed by atoms with E-state index in [1.807, 2.05) is 19.1 Å². The number of ether oxygens (including phenoxy) is 1. The highest BCUT2D eigenvalue weighted by Crippen LogP contribution is 2.26. The lowest BCUT2D eigenvalue weighted by Gasteiger charge is -2.07. The monoisotopic (exact) mass is 304 g/mol. The molecule has 21 heavy (non-hydrogen) atoms. The van der Waals surface area contributed by atoms with E-state index in [1.54, 1.807) is 11.3 Å². The van der Waals surface area contributed by atoms with Crippen LogP contribution < -0.4 is 10.5 Å². The topological polar surface area (TPSA) is 48.1 Å². The summed E-state index contributed by atoms with van der Waals surface area (Å²) in [6.07, 6.45) is 0.913. The van der Waals surface area contributed by atoms with Gasteiger partial charge in [-0.1, -0.05) is 32.9 Å². The first kappa shape index (κ1) is 16.0. The van der Waals surface area contributed by atoms with Crippen LogP contribution in [0.25, 0.3) is 0 Å².